The van der Waals surface area contributed by atoms with Crippen LogP contribution >= 0.6 is 0 Å². The second-order valence-electron chi connectivity index (χ2n) is 7.14. The lowest BCUT2D eigenvalue weighted by atomic mass is 9.79. The minimum atomic E-state index is 0.0820. The molecule has 0 aliphatic carbocycles. The minimum absolute atomic E-state index is 0.0820. The van der Waals surface area contributed by atoms with Crippen molar-refractivity contribution in [1.82, 2.24) is 10.6 Å². The molecular weight excluding hydrogens is 312 g/mol. The molecule has 4 heteroatoms. The van der Waals surface area contributed by atoms with Gasteiger partial charge in [-0.05, 0) is 48.7 Å². The molecule has 2 aromatic carbocycles. The zero-order valence-electron chi connectivity index (χ0n) is 15.0. The Morgan fingerprint density at radius 2 is 1.92 bits per heavy atom. The number of hydrogen-bond donors (Lipinski definition) is 2. The highest BCUT2D eigenvalue weighted by atomic mass is 16.5. The van der Waals surface area contributed by atoms with E-state index in [2.05, 4.69) is 41.0 Å². The maximum atomic E-state index is 12.3. The fraction of sp³-hybridized carbons (Fsp3) is 0.476. The third-order valence-corrected chi connectivity index (χ3v) is 5.23. The van der Waals surface area contributed by atoms with Gasteiger partial charge >= 0.3 is 0 Å². The van der Waals surface area contributed by atoms with E-state index < -0.39 is 0 Å². The monoisotopic (exact) mass is 340 g/mol. The lowest BCUT2D eigenvalue weighted by Crippen LogP contribution is -2.47. The van der Waals surface area contributed by atoms with Crippen LogP contribution in [0.5, 0.6) is 0 Å². The molecule has 1 fully saturated rings. The van der Waals surface area contributed by atoms with Gasteiger partial charge in [-0.15, -0.1) is 0 Å². The van der Waals surface area contributed by atoms with Gasteiger partial charge in [-0.25, -0.2) is 0 Å². The zero-order chi connectivity index (χ0) is 17.5. The van der Waals surface area contributed by atoms with Gasteiger partial charge in [-0.3, -0.25) is 4.79 Å². The highest BCUT2D eigenvalue weighted by Crippen LogP contribution is 2.28. The van der Waals surface area contributed by atoms with Crippen LogP contribution in [0.4, 0.5) is 0 Å². The number of ether oxygens (including phenoxy) is 1. The maximum Gasteiger partial charge on any atom is 0.220 e. The van der Waals surface area contributed by atoms with Crippen molar-refractivity contribution in [2.75, 3.05) is 33.4 Å². The summed E-state index contributed by atoms with van der Waals surface area (Å²) >= 11 is 0. The smallest absolute Gasteiger partial charge is 0.220 e. The van der Waals surface area contributed by atoms with Crippen molar-refractivity contribution in [3.8, 4) is 0 Å². The number of rotatable bonds is 7. The van der Waals surface area contributed by atoms with E-state index >= 15 is 0 Å². The van der Waals surface area contributed by atoms with E-state index in [1.807, 2.05) is 12.1 Å². The zero-order valence-corrected chi connectivity index (χ0v) is 15.0. The Kier molecular flexibility index (Phi) is 6.05. The van der Waals surface area contributed by atoms with Crippen LogP contribution in [0.15, 0.2) is 42.5 Å². The van der Waals surface area contributed by atoms with Crippen molar-refractivity contribution < 1.29 is 9.53 Å². The summed E-state index contributed by atoms with van der Waals surface area (Å²) in [4.78, 5) is 12.3. The molecule has 0 radical (unpaired) electrons. The fourth-order valence-electron chi connectivity index (χ4n) is 3.66. The Bertz CT molecular complexity index is 702. The quantitative estimate of drug-likeness (QED) is 0.815. The van der Waals surface area contributed by atoms with E-state index in [4.69, 9.17) is 4.74 Å². The molecule has 0 saturated carbocycles. The third kappa shape index (κ3) is 4.80. The van der Waals surface area contributed by atoms with Gasteiger partial charge in [-0.2, -0.15) is 0 Å². The summed E-state index contributed by atoms with van der Waals surface area (Å²) in [5, 5.41) is 8.99. The average Bonchev–Trinajstić information content (AvgIpc) is 2.65. The number of aryl methyl sites for hydroxylation is 1. The Balaban J connectivity index is 1.51. The molecule has 1 heterocycles. The molecule has 2 aromatic rings. The average molecular weight is 340 g/mol. The molecule has 1 saturated heterocycles. The van der Waals surface area contributed by atoms with Crippen molar-refractivity contribution in [1.29, 1.82) is 0 Å². The number of methoxy groups -OCH3 is 1. The summed E-state index contributed by atoms with van der Waals surface area (Å²) in [5.41, 5.74) is 1.29. The second kappa shape index (κ2) is 8.45. The molecule has 0 bridgehead atoms. The number of carbonyl (C=O) groups is 1. The van der Waals surface area contributed by atoms with Crippen LogP contribution in [0.25, 0.3) is 10.8 Å². The standard InChI is InChI=1S/C21H28N2O2/c1-25-16-21(10-12-22-13-11-21)15-23-20(24)9-7-17-6-8-18-4-2-3-5-19(18)14-17/h2-6,8,14,22H,7,9-13,15-16H2,1H3,(H,23,24). The van der Waals surface area contributed by atoms with Crippen molar-refractivity contribution >= 4 is 16.7 Å². The highest BCUT2D eigenvalue weighted by Gasteiger charge is 2.32. The summed E-state index contributed by atoms with van der Waals surface area (Å²) in [6.07, 6.45) is 3.40. The van der Waals surface area contributed by atoms with E-state index in [0.717, 1.165) is 32.4 Å². The molecule has 1 aliphatic heterocycles. The first kappa shape index (κ1) is 17.9. The molecule has 2 N–H and O–H groups in total. The van der Waals surface area contributed by atoms with Crippen LogP contribution in [-0.2, 0) is 16.0 Å². The Morgan fingerprint density at radius 1 is 1.16 bits per heavy atom. The molecule has 1 aliphatic rings. The molecule has 134 valence electrons. The predicted octanol–water partition coefficient (Wildman–Crippen LogP) is 2.90. The van der Waals surface area contributed by atoms with E-state index in [0.29, 0.717) is 19.6 Å². The Labute approximate surface area is 149 Å². The molecule has 4 nitrogen and oxygen atoms in total. The molecule has 25 heavy (non-hydrogen) atoms. The van der Waals surface area contributed by atoms with E-state index in [9.17, 15) is 4.79 Å². The number of piperidine rings is 1. The summed E-state index contributed by atoms with van der Waals surface area (Å²) in [6.45, 7) is 3.41. The summed E-state index contributed by atoms with van der Waals surface area (Å²) in [7, 11) is 1.74. The SMILES string of the molecule is COCC1(CNC(=O)CCc2ccc3ccccc3c2)CCNCC1. The second-order valence-corrected chi connectivity index (χ2v) is 7.14. The molecule has 1 amide bonds. The van der Waals surface area contributed by atoms with Gasteiger partial charge in [0.15, 0.2) is 0 Å². The largest absolute Gasteiger partial charge is 0.384 e. The number of nitrogens with one attached hydrogen (secondary N) is 2. The molecule has 0 spiro atoms. The summed E-state index contributed by atoms with van der Waals surface area (Å²) < 4.78 is 5.41. The number of fused-ring (bicyclic) bond motifs is 1. The first-order valence-corrected chi connectivity index (χ1v) is 9.15. The summed E-state index contributed by atoms with van der Waals surface area (Å²) in [5.74, 6) is 0.127. The van der Waals surface area contributed by atoms with Gasteiger partial charge in [0.1, 0.15) is 0 Å². The van der Waals surface area contributed by atoms with Gasteiger partial charge < -0.3 is 15.4 Å². The first-order valence-electron chi connectivity index (χ1n) is 9.15. The van der Waals surface area contributed by atoms with E-state index in [1.54, 1.807) is 7.11 Å². The van der Waals surface area contributed by atoms with Crippen molar-refractivity contribution in [3.05, 3.63) is 48.0 Å². The molecule has 0 atom stereocenters. The first-order chi connectivity index (χ1) is 12.2. The molecule has 3 rings (SSSR count). The van der Waals surface area contributed by atoms with Gasteiger partial charge in [0.25, 0.3) is 0 Å². The van der Waals surface area contributed by atoms with Gasteiger partial charge in [-0.1, -0.05) is 42.5 Å². The number of hydrogen-bond acceptors (Lipinski definition) is 3. The van der Waals surface area contributed by atoms with Gasteiger partial charge in [0, 0.05) is 25.5 Å². The third-order valence-electron chi connectivity index (χ3n) is 5.23. The maximum absolute atomic E-state index is 12.3. The normalized spacial score (nSPS) is 16.7. The lowest BCUT2D eigenvalue weighted by Gasteiger charge is -2.37. The molecule has 0 aromatic heterocycles. The van der Waals surface area contributed by atoms with Crippen LogP contribution in [0.1, 0.15) is 24.8 Å². The van der Waals surface area contributed by atoms with E-state index in [1.165, 1.54) is 16.3 Å². The van der Waals surface area contributed by atoms with Crippen molar-refractivity contribution in [3.63, 3.8) is 0 Å². The Hall–Kier alpha value is -1.91. The molecular formula is C21H28N2O2. The highest BCUT2D eigenvalue weighted by molar-refractivity contribution is 5.83. The van der Waals surface area contributed by atoms with Gasteiger partial charge in [0.2, 0.25) is 5.91 Å². The van der Waals surface area contributed by atoms with Crippen LogP contribution < -0.4 is 10.6 Å². The van der Waals surface area contributed by atoms with E-state index in [-0.39, 0.29) is 11.3 Å². The number of benzene rings is 2. The van der Waals surface area contributed by atoms with Crippen molar-refractivity contribution in [2.24, 2.45) is 5.41 Å². The van der Waals surface area contributed by atoms with Crippen LogP contribution in [0.2, 0.25) is 0 Å². The predicted molar refractivity (Wildman–Crippen MR) is 102 cm³/mol. The number of amides is 1. The van der Waals surface area contributed by atoms with Crippen LogP contribution in [0.3, 0.4) is 0 Å². The fourth-order valence-corrected chi connectivity index (χ4v) is 3.66. The molecule has 0 unspecified atom stereocenters. The van der Waals surface area contributed by atoms with Crippen molar-refractivity contribution in [2.45, 2.75) is 25.7 Å². The number of carbonyl (C=O) groups excluding carboxylic acids is 1. The van der Waals surface area contributed by atoms with Crippen LogP contribution in [-0.4, -0.2) is 39.3 Å². The minimum Gasteiger partial charge on any atom is -0.384 e. The topological polar surface area (TPSA) is 50.4 Å². The lowest BCUT2D eigenvalue weighted by molar-refractivity contribution is -0.122. The summed E-state index contributed by atoms with van der Waals surface area (Å²) in [6, 6.07) is 14.8. The van der Waals surface area contributed by atoms with Crippen LogP contribution in [0, 0.1) is 5.41 Å². The Morgan fingerprint density at radius 3 is 2.68 bits per heavy atom. The van der Waals surface area contributed by atoms with Gasteiger partial charge in [0.05, 0.1) is 6.61 Å².